The smallest absolute Gasteiger partial charge is 0.181 e. The van der Waals surface area contributed by atoms with Crippen molar-refractivity contribution in [2.75, 3.05) is 5.73 Å². The summed E-state index contributed by atoms with van der Waals surface area (Å²) in [6.45, 7) is 16.4. The highest BCUT2D eigenvalue weighted by atomic mass is 32.1. The van der Waals surface area contributed by atoms with Crippen LogP contribution in [0.3, 0.4) is 0 Å². The van der Waals surface area contributed by atoms with Crippen molar-refractivity contribution < 1.29 is 9.47 Å². The van der Waals surface area contributed by atoms with E-state index >= 15 is 0 Å². The minimum Gasteiger partial charge on any atom is -0.487 e. The van der Waals surface area contributed by atoms with Crippen LogP contribution in [-0.4, -0.2) is 26.1 Å². The highest BCUT2D eigenvalue weighted by Gasteiger charge is 2.15. The van der Waals surface area contributed by atoms with Crippen LogP contribution < -0.4 is 21.0 Å². The van der Waals surface area contributed by atoms with Gasteiger partial charge in [-0.1, -0.05) is 44.4 Å². The van der Waals surface area contributed by atoms with Crippen LogP contribution in [0.25, 0.3) is 17.8 Å². The molecular formula is C27H34N4O2S. The third kappa shape index (κ3) is 6.17. The highest BCUT2D eigenvalue weighted by Crippen LogP contribution is 2.27. The van der Waals surface area contributed by atoms with Crippen molar-refractivity contribution in [3.8, 4) is 5.75 Å². The number of nitrogens with one attached hydrogen (secondary N) is 1. The van der Waals surface area contributed by atoms with Crippen LogP contribution in [0, 0.1) is 5.92 Å². The maximum atomic E-state index is 6.31. The number of aromatic nitrogens is 3. The number of nitrogens with zero attached hydrogens (tertiary/aromatic N) is 2. The molecule has 2 aromatic rings. The Labute approximate surface area is 206 Å². The van der Waals surface area contributed by atoms with Gasteiger partial charge in [-0.2, -0.15) is 17.7 Å². The quantitative estimate of drug-likeness (QED) is 0.270. The average Bonchev–Trinajstić information content (AvgIpc) is 3.34. The van der Waals surface area contributed by atoms with Gasteiger partial charge in [-0.15, -0.1) is 0 Å². The summed E-state index contributed by atoms with van der Waals surface area (Å²) >= 11 is 4.61. The molecule has 0 saturated heterocycles. The lowest BCUT2D eigenvalue weighted by atomic mass is 10.0. The van der Waals surface area contributed by atoms with Crippen molar-refractivity contribution in [3.63, 3.8) is 0 Å². The Balaban J connectivity index is 1.64. The first-order valence-electron chi connectivity index (χ1n) is 11.3. The van der Waals surface area contributed by atoms with Crippen LogP contribution in [0.1, 0.15) is 33.4 Å². The number of rotatable bonds is 10. The predicted octanol–water partition coefficient (Wildman–Crippen LogP) is 4.35. The summed E-state index contributed by atoms with van der Waals surface area (Å²) in [5.74, 6) is 1.86. The van der Waals surface area contributed by atoms with E-state index in [9.17, 15) is 0 Å². The number of allylic oxidation sites excluding steroid dienone is 6. The number of nitrogen functional groups attached to an aromatic ring is 1. The predicted molar refractivity (Wildman–Crippen MR) is 145 cm³/mol. The lowest BCUT2D eigenvalue weighted by Crippen LogP contribution is -2.31. The molecule has 3 atom stereocenters. The first-order chi connectivity index (χ1) is 16.2. The van der Waals surface area contributed by atoms with E-state index in [4.69, 9.17) is 15.2 Å². The Hall–Kier alpha value is -3.32. The number of fused-ring (bicyclic) bond motifs is 1. The topological polar surface area (TPSA) is 78.1 Å². The van der Waals surface area contributed by atoms with Gasteiger partial charge in [-0.3, -0.25) is 0 Å². The Kier molecular flexibility index (Phi) is 8.34. The molecule has 0 fully saturated rings. The van der Waals surface area contributed by atoms with Gasteiger partial charge in [-0.25, -0.2) is 4.68 Å². The fraction of sp³-hybridized carbons (Fsp3) is 0.296. The van der Waals surface area contributed by atoms with Crippen LogP contribution in [0.15, 0.2) is 67.1 Å². The molecule has 6 nitrogen and oxygen atoms in total. The molecule has 0 bridgehead atoms. The van der Waals surface area contributed by atoms with E-state index < -0.39 is 0 Å². The van der Waals surface area contributed by atoms with E-state index in [0.717, 1.165) is 16.6 Å². The number of H-pyrrole nitrogens is 1. The average molecular weight is 479 g/mol. The molecule has 3 rings (SSSR count). The van der Waals surface area contributed by atoms with Gasteiger partial charge in [0.2, 0.25) is 0 Å². The fourth-order valence-electron chi connectivity index (χ4n) is 3.63. The number of hydrogen-bond donors (Lipinski definition) is 3. The molecule has 0 saturated carbocycles. The minimum atomic E-state index is -0.195. The van der Waals surface area contributed by atoms with Crippen LogP contribution >= 0.6 is 12.6 Å². The van der Waals surface area contributed by atoms with Gasteiger partial charge in [0.05, 0.1) is 17.6 Å². The Morgan fingerprint density at radius 3 is 2.85 bits per heavy atom. The number of nitrogens with two attached hydrogens (primary N) is 1. The molecule has 7 heteroatoms. The van der Waals surface area contributed by atoms with Crippen molar-refractivity contribution >= 4 is 36.3 Å². The van der Waals surface area contributed by atoms with Crippen molar-refractivity contribution in [1.29, 1.82) is 0 Å². The van der Waals surface area contributed by atoms with Gasteiger partial charge >= 0.3 is 0 Å². The second kappa shape index (κ2) is 11.2. The molecule has 180 valence electrons. The standard InChI is InChI=1S/C27H34N4O2S/c1-7-8-9-10-19(4)33-20(5)11-17(2)21(6)31-27(28)25(15-29-31)32-16-23-13-22-12-18(3)26(34)14-24(22)30-23/h7-15,18,20,26,30,34H,4,6,16,28H2,1-3,5H3/b8-7-,10-9-,17-11-. The molecular weight excluding hydrogens is 444 g/mol. The third-order valence-corrected chi connectivity index (χ3v) is 6.15. The van der Waals surface area contributed by atoms with E-state index in [1.165, 1.54) is 5.22 Å². The second-order valence-electron chi connectivity index (χ2n) is 8.41. The molecule has 0 spiro atoms. The lowest BCUT2D eigenvalue weighted by molar-refractivity contribution is 0.182. The summed E-state index contributed by atoms with van der Waals surface area (Å²) in [6, 6.07) is 2.09. The maximum absolute atomic E-state index is 6.31. The lowest BCUT2D eigenvalue weighted by Gasteiger charge is -2.14. The minimum absolute atomic E-state index is 0.195. The summed E-state index contributed by atoms with van der Waals surface area (Å²) in [5.41, 5.74) is 8.81. The summed E-state index contributed by atoms with van der Waals surface area (Å²) < 4.78 is 13.3. The molecule has 3 unspecified atom stereocenters. The zero-order valence-electron chi connectivity index (χ0n) is 20.3. The maximum Gasteiger partial charge on any atom is 0.181 e. The molecule has 2 heterocycles. The van der Waals surface area contributed by atoms with E-state index in [1.54, 1.807) is 10.9 Å². The van der Waals surface area contributed by atoms with Gasteiger partial charge < -0.3 is 20.2 Å². The van der Waals surface area contributed by atoms with Crippen molar-refractivity contribution in [2.45, 2.75) is 45.7 Å². The van der Waals surface area contributed by atoms with Crippen molar-refractivity contribution in [2.24, 2.45) is 5.92 Å². The van der Waals surface area contributed by atoms with Gasteiger partial charge in [0.15, 0.2) is 11.6 Å². The molecule has 1 aliphatic rings. The number of aromatic amines is 1. The molecule has 1 aliphatic carbocycles. The summed E-state index contributed by atoms with van der Waals surface area (Å²) in [4.78, 5) is 3.39. The number of anilines is 1. The molecule has 0 aliphatic heterocycles. The first kappa shape index (κ1) is 25.3. The number of ether oxygens (including phenoxy) is 2. The summed E-state index contributed by atoms with van der Waals surface area (Å²) in [5, 5.41) is 6.82. The highest BCUT2D eigenvalue weighted by molar-refractivity contribution is 7.81. The van der Waals surface area contributed by atoms with Gasteiger partial charge in [-0.05, 0) is 61.8 Å². The Morgan fingerprint density at radius 1 is 1.35 bits per heavy atom. The normalized spacial score (nSPS) is 18.9. The molecule has 3 N–H and O–H groups in total. The molecule has 34 heavy (non-hydrogen) atoms. The largest absolute Gasteiger partial charge is 0.487 e. The molecule has 0 radical (unpaired) electrons. The second-order valence-corrected chi connectivity index (χ2v) is 9.01. The number of hydrogen-bond acceptors (Lipinski definition) is 5. The zero-order valence-corrected chi connectivity index (χ0v) is 21.2. The first-order valence-corrected chi connectivity index (χ1v) is 11.8. The van der Waals surface area contributed by atoms with Crippen LogP contribution in [0.5, 0.6) is 5.75 Å². The van der Waals surface area contributed by atoms with Crippen LogP contribution in [-0.2, 0) is 11.3 Å². The van der Waals surface area contributed by atoms with Crippen LogP contribution in [0.2, 0.25) is 0 Å². The van der Waals surface area contributed by atoms with Gasteiger partial charge in [0.1, 0.15) is 18.5 Å². The molecule has 2 aromatic heterocycles. The van der Waals surface area contributed by atoms with Gasteiger partial charge in [0, 0.05) is 10.6 Å². The summed E-state index contributed by atoms with van der Waals surface area (Å²) in [7, 11) is 0. The monoisotopic (exact) mass is 478 g/mol. The summed E-state index contributed by atoms with van der Waals surface area (Å²) in [6.07, 6.45) is 15.3. The Morgan fingerprint density at radius 2 is 2.12 bits per heavy atom. The van der Waals surface area contributed by atoms with Crippen LogP contribution in [0.4, 0.5) is 5.82 Å². The van der Waals surface area contributed by atoms with E-state index in [0.29, 0.717) is 35.5 Å². The van der Waals surface area contributed by atoms with E-state index in [1.807, 2.05) is 51.2 Å². The fourth-order valence-corrected chi connectivity index (χ4v) is 3.87. The Bertz CT molecular complexity index is 1220. The molecule has 0 amide bonds. The van der Waals surface area contributed by atoms with E-state index in [2.05, 4.69) is 61.0 Å². The van der Waals surface area contributed by atoms with Gasteiger partial charge in [0.25, 0.3) is 0 Å². The zero-order chi connectivity index (χ0) is 24.8. The third-order valence-electron chi connectivity index (χ3n) is 5.53. The van der Waals surface area contributed by atoms with Crippen molar-refractivity contribution in [3.05, 3.63) is 83.4 Å². The molecule has 0 aromatic carbocycles. The van der Waals surface area contributed by atoms with E-state index in [-0.39, 0.29) is 11.4 Å². The SMILES string of the molecule is C=C(/C=C\C=C/C)OC(C)/C=C(/C)C(=C)n1ncc(OCc2cc3c([nH]2)=CC(S)C(C)C=3)c1N. The van der Waals surface area contributed by atoms with Crippen molar-refractivity contribution in [1.82, 2.24) is 14.8 Å². The number of thiol groups is 1.